The fraction of sp³-hybridized carbons (Fsp3) is 0.133. The molecule has 4 nitrogen and oxygen atoms in total. The van der Waals surface area contributed by atoms with Gasteiger partial charge in [-0.25, -0.2) is 17.2 Å². The first-order valence-electron chi connectivity index (χ1n) is 6.40. The molecular formula is C15H14ClF2NO3S. The number of allylic oxidation sites excluding steroid dienone is 5. The Hall–Kier alpha value is -1.99. The molecule has 1 aromatic carbocycles. The summed E-state index contributed by atoms with van der Waals surface area (Å²) in [6, 6.07) is 2.72. The van der Waals surface area contributed by atoms with Gasteiger partial charge in [-0.2, -0.15) is 0 Å². The fourth-order valence-corrected chi connectivity index (χ4v) is 2.50. The molecule has 0 aliphatic rings. The molecule has 0 heterocycles. The van der Waals surface area contributed by atoms with Crippen LogP contribution in [0.15, 0.2) is 58.9 Å². The molecule has 23 heavy (non-hydrogen) atoms. The van der Waals surface area contributed by atoms with Gasteiger partial charge in [0.25, 0.3) is 15.0 Å². The minimum atomic E-state index is -4.33. The topological polar surface area (TPSA) is 63.2 Å². The fourth-order valence-electron chi connectivity index (χ4n) is 1.57. The van der Waals surface area contributed by atoms with E-state index in [1.807, 2.05) is 0 Å². The molecule has 0 aliphatic carbocycles. The Balaban J connectivity index is 3.17. The quantitative estimate of drug-likeness (QED) is 0.640. The van der Waals surface area contributed by atoms with Crippen molar-refractivity contribution in [2.75, 3.05) is 0 Å². The van der Waals surface area contributed by atoms with Crippen LogP contribution >= 0.6 is 10.7 Å². The van der Waals surface area contributed by atoms with Crippen LogP contribution in [-0.2, 0) is 9.05 Å². The van der Waals surface area contributed by atoms with Crippen LogP contribution in [0.2, 0.25) is 0 Å². The van der Waals surface area contributed by atoms with Crippen LogP contribution in [0.25, 0.3) is 0 Å². The number of benzene rings is 1. The highest BCUT2D eigenvalue weighted by molar-refractivity contribution is 8.13. The Morgan fingerprint density at radius 2 is 1.96 bits per heavy atom. The molecule has 0 saturated carbocycles. The zero-order valence-electron chi connectivity index (χ0n) is 12.3. The lowest BCUT2D eigenvalue weighted by atomic mass is 10.2. The Bertz CT molecular complexity index is 799. The van der Waals surface area contributed by atoms with Crippen molar-refractivity contribution in [1.82, 2.24) is 5.32 Å². The van der Waals surface area contributed by atoms with E-state index in [-0.39, 0.29) is 11.3 Å². The van der Waals surface area contributed by atoms with Crippen LogP contribution < -0.4 is 5.32 Å². The van der Waals surface area contributed by atoms with Crippen molar-refractivity contribution in [2.45, 2.75) is 18.7 Å². The molecule has 124 valence electrons. The predicted molar refractivity (Wildman–Crippen MR) is 84.7 cm³/mol. The van der Waals surface area contributed by atoms with Crippen LogP contribution in [-0.4, -0.2) is 14.3 Å². The smallest absolute Gasteiger partial charge is 0.264 e. The Kier molecular flexibility index (Phi) is 6.65. The highest BCUT2D eigenvalue weighted by Crippen LogP contribution is 2.20. The van der Waals surface area contributed by atoms with Crippen LogP contribution in [0.4, 0.5) is 8.78 Å². The van der Waals surface area contributed by atoms with E-state index in [2.05, 4.69) is 5.32 Å². The second kappa shape index (κ2) is 8.03. The second-order valence-electron chi connectivity index (χ2n) is 4.31. The van der Waals surface area contributed by atoms with Gasteiger partial charge in [0.15, 0.2) is 0 Å². The van der Waals surface area contributed by atoms with Gasteiger partial charge in [-0.05, 0) is 44.2 Å². The van der Waals surface area contributed by atoms with Crippen molar-refractivity contribution >= 4 is 25.6 Å². The van der Waals surface area contributed by atoms with Crippen LogP contribution in [0, 0.1) is 5.82 Å². The van der Waals surface area contributed by atoms with Crippen LogP contribution in [0.5, 0.6) is 0 Å². The van der Waals surface area contributed by atoms with E-state index in [0.29, 0.717) is 0 Å². The molecule has 0 aromatic heterocycles. The highest BCUT2D eigenvalue weighted by Gasteiger charge is 2.19. The maximum Gasteiger partial charge on any atom is 0.264 e. The number of halogens is 3. The summed E-state index contributed by atoms with van der Waals surface area (Å²) in [5.41, 5.74) is 0.00891. The first-order chi connectivity index (χ1) is 10.7. The summed E-state index contributed by atoms with van der Waals surface area (Å²) >= 11 is 0. The van der Waals surface area contributed by atoms with E-state index in [1.54, 1.807) is 13.0 Å². The second-order valence-corrected chi connectivity index (χ2v) is 6.84. The molecule has 0 radical (unpaired) electrons. The molecular weight excluding hydrogens is 348 g/mol. The number of hydrogen-bond acceptors (Lipinski definition) is 3. The summed E-state index contributed by atoms with van der Waals surface area (Å²) < 4.78 is 49.2. The number of rotatable bonds is 5. The first kappa shape index (κ1) is 19.1. The minimum absolute atomic E-state index is 0.137. The summed E-state index contributed by atoms with van der Waals surface area (Å²) in [4.78, 5) is 11.3. The summed E-state index contributed by atoms with van der Waals surface area (Å²) in [5, 5.41) is 2.39. The van der Waals surface area contributed by atoms with Crippen LogP contribution in [0.1, 0.15) is 24.2 Å². The van der Waals surface area contributed by atoms with E-state index in [1.165, 1.54) is 19.1 Å². The molecule has 0 aliphatic heterocycles. The van der Waals surface area contributed by atoms with Gasteiger partial charge in [0.05, 0.1) is 0 Å². The maximum absolute atomic E-state index is 13.5. The molecule has 8 heteroatoms. The first-order valence-corrected chi connectivity index (χ1v) is 8.71. The number of hydrogen-bond donors (Lipinski definition) is 1. The summed E-state index contributed by atoms with van der Waals surface area (Å²) in [5.74, 6) is -2.37. The summed E-state index contributed by atoms with van der Waals surface area (Å²) in [7, 11) is 0.773. The third-order valence-electron chi connectivity index (χ3n) is 2.63. The van der Waals surface area contributed by atoms with E-state index in [4.69, 9.17) is 10.7 Å². The minimum Gasteiger partial charge on any atom is -0.322 e. The number of nitrogens with one attached hydrogen (secondary N) is 1. The Morgan fingerprint density at radius 3 is 2.48 bits per heavy atom. The van der Waals surface area contributed by atoms with Gasteiger partial charge in [0.2, 0.25) is 0 Å². The maximum atomic E-state index is 13.5. The molecule has 1 rings (SSSR count). The van der Waals surface area contributed by atoms with Gasteiger partial charge in [0.1, 0.15) is 16.5 Å². The number of carbonyl (C=O) groups is 1. The van der Waals surface area contributed by atoms with Crippen molar-refractivity contribution in [3.8, 4) is 0 Å². The van der Waals surface area contributed by atoms with Crippen molar-refractivity contribution in [3.05, 3.63) is 65.4 Å². The zero-order chi connectivity index (χ0) is 17.6. The molecule has 0 saturated heterocycles. The van der Waals surface area contributed by atoms with Gasteiger partial charge in [-0.3, -0.25) is 4.79 Å². The van der Waals surface area contributed by atoms with Crippen molar-refractivity contribution in [2.24, 2.45) is 0 Å². The van der Waals surface area contributed by atoms with Crippen molar-refractivity contribution in [1.29, 1.82) is 0 Å². The number of carbonyl (C=O) groups excluding carboxylic acids is 1. The normalized spacial score (nSPS) is 13.4. The van der Waals surface area contributed by atoms with Crippen LogP contribution in [0.3, 0.4) is 0 Å². The van der Waals surface area contributed by atoms with Gasteiger partial charge >= 0.3 is 0 Å². The molecule has 0 fully saturated rings. The van der Waals surface area contributed by atoms with Gasteiger partial charge in [0, 0.05) is 21.9 Å². The Morgan fingerprint density at radius 1 is 1.30 bits per heavy atom. The lowest BCUT2D eigenvalue weighted by Gasteiger charge is -2.07. The molecule has 0 bridgehead atoms. The van der Waals surface area contributed by atoms with E-state index < -0.39 is 31.5 Å². The zero-order valence-corrected chi connectivity index (χ0v) is 13.9. The van der Waals surface area contributed by atoms with Gasteiger partial charge in [-0.15, -0.1) is 0 Å². The lowest BCUT2D eigenvalue weighted by molar-refractivity contribution is 0.0967. The van der Waals surface area contributed by atoms with E-state index in [9.17, 15) is 22.0 Å². The monoisotopic (exact) mass is 361 g/mol. The Labute approximate surface area is 137 Å². The molecule has 1 N–H and O–H groups in total. The molecule has 0 unspecified atom stereocenters. The number of amides is 1. The highest BCUT2D eigenvalue weighted by atomic mass is 35.7. The van der Waals surface area contributed by atoms with Gasteiger partial charge < -0.3 is 5.32 Å². The lowest BCUT2D eigenvalue weighted by Crippen LogP contribution is -2.22. The molecule has 0 spiro atoms. The van der Waals surface area contributed by atoms with Crippen molar-refractivity contribution < 1.29 is 22.0 Å². The molecule has 1 amide bonds. The SMILES string of the molecule is CC=CC(=CC(F)=CC)NC(=O)c1ccc(F)c(S(=O)(=O)Cl)c1. The average Bonchev–Trinajstić information content (AvgIpc) is 2.46. The molecule has 1 aromatic rings. The van der Waals surface area contributed by atoms with Gasteiger partial charge in [-0.1, -0.05) is 12.2 Å². The van der Waals surface area contributed by atoms with Crippen molar-refractivity contribution in [3.63, 3.8) is 0 Å². The van der Waals surface area contributed by atoms with E-state index in [0.717, 1.165) is 24.3 Å². The largest absolute Gasteiger partial charge is 0.322 e. The summed E-state index contributed by atoms with van der Waals surface area (Å²) in [6.07, 6.45) is 5.31. The summed E-state index contributed by atoms with van der Waals surface area (Å²) in [6.45, 7) is 3.15. The third-order valence-corrected chi connectivity index (χ3v) is 3.97. The third kappa shape index (κ3) is 5.61. The standard InChI is InChI=1S/C15H14ClF2NO3S/c1-3-5-12(9-11(17)4-2)19-15(20)10-6-7-13(18)14(8-10)23(16,21)22/h3-9H,1-2H3,(H,19,20). The molecule has 0 atom stereocenters. The van der Waals surface area contributed by atoms with E-state index >= 15 is 0 Å². The average molecular weight is 362 g/mol. The predicted octanol–water partition coefficient (Wildman–Crippen LogP) is 3.82.